The van der Waals surface area contributed by atoms with Crippen LogP contribution in [0.2, 0.25) is 0 Å². The molecule has 1 saturated carbocycles. The van der Waals surface area contributed by atoms with E-state index in [0.717, 1.165) is 11.3 Å². The zero-order chi connectivity index (χ0) is 23.2. The van der Waals surface area contributed by atoms with Crippen molar-refractivity contribution in [1.29, 1.82) is 0 Å². The Labute approximate surface area is 191 Å². The van der Waals surface area contributed by atoms with Gasteiger partial charge in [0.1, 0.15) is 12.6 Å². The van der Waals surface area contributed by atoms with E-state index in [-0.39, 0.29) is 17.3 Å². The lowest BCUT2D eigenvalue weighted by atomic mass is 9.94. The van der Waals surface area contributed by atoms with Crippen molar-refractivity contribution in [1.82, 2.24) is 4.57 Å². The smallest absolute Gasteiger partial charge is 0.308 e. The molecule has 0 radical (unpaired) electrons. The third-order valence-corrected chi connectivity index (χ3v) is 8.28. The van der Waals surface area contributed by atoms with Crippen molar-refractivity contribution in [2.24, 2.45) is 5.92 Å². The summed E-state index contributed by atoms with van der Waals surface area (Å²) in [6.45, 7) is -0.229. The Morgan fingerprint density at radius 3 is 2.34 bits per heavy atom. The molecule has 12 heteroatoms. The first-order chi connectivity index (χ1) is 15.3. The van der Waals surface area contributed by atoms with E-state index in [1.54, 1.807) is 12.1 Å². The highest BCUT2D eigenvalue weighted by atomic mass is 32.2. The fourth-order valence-electron chi connectivity index (χ4n) is 4.26. The fraction of sp³-hybridized carbons (Fsp3) is 0.500. The van der Waals surface area contributed by atoms with Gasteiger partial charge in [0.25, 0.3) is 0 Å². The van der Waals surface area contributed by atoms with Crippen molar-refractivity contribution in [2.75, 3.05) is 32.4 Å². The second kappa shape index (κ2) is 8.94. The Balaban J connectivity index is 1.57. The number of nitrogens with zero attached hydrogens (tertiary/aromatic N) is 1. The number of aliphatic hydroxyl groups excluding tert-OH is 3. The molecule has 2 heterocycles. The van der Waals surface area contributed by atoms with E-state index in [1.165, 1.54) is 37.7 Å². The molecule has 0 saturated heterocycles. The molecule has 32 heavy (non-hydrogen) atoms. The molecule has 1 fully saturated rings. The average molecular weight is 485 g/mol. The molecule has 5 atom stereocenters. The van der Waals surface area contributed by atoms with E-state index in [4.69, 9.17) is 14.2 Å². The topological polar surface area (TPSA) is 139 Å². The molecule has 1 aliphatic carbocycles. The van der Waals surface area contributed by atoms with Gasteiger partial charge >= 0.3 is 4.87 Å². The van der Waals surface area contributed by atoms with E-state index in [0.29, 0.717) is 38.6 Å². The summed E-state index contributed by atoms with van der Waals surface area (Å²) < 4.78 is 17.2. The maximum absolute atomic E-state index is 12.8. The molecule has 1 aliphatic heterocycles. The minimum absolute atomic E-state index is 0.229. The summed E-state index contributed by atoms with van der Waals surface area (Å²) >= 11 is 2.27. The highest BCUT2D eigenvalue weighted by Gasteiger charge is 2.53. The Bertz CT molecular complexity index is 1060. The molecule has 2 aliphatic rings. The lowest BCUT2D eigenvalue weighted by Gasteiger charge is -2.27. The van der Waals surface area contributed by atoms with Crippen molar-refractivity contribution in [3.8, 4) is 17.2 Å². The Hall–Kier alpha value is -2.25. The molecule has 174 valence electrons. The lowest BCUT2D eigenvalue weighted by molar-refractivity contribution is -0.116. The number of carbonyl (C=O) groups excluding carboxylic acids is 1. The molecule has 10 nitrogen and oxygen atoms in total. The molecule has 0 bridgehead atoms. The number of carbonyl (C=O) groups is 1. The highest BCUT2D eigenvalue weighted by molar-refractivity contribution is 7.99. The van der Waals surface area contributed by atoms with Crippen LogP contribution < -0.4 is 24.4 Å². The minimum atomic E-state index is -1.26. The molecule has 4 rings (SSSR count). The van der Waals surface area contributed by atoms with Gasteiger partial charge in [-0.05, 0) is 0 Å². The van der Waals surface area contributed by atoms with Crippen molar-refractivity contribution in [3.63, 3.8) is 0 Å². The van der Waals surface area contributed by atoms with E-state index < -0.39 is 30.1 Å². The van der Waals surface area contributed by atoms with Crippen LogP contribution in [0.25, 0.3) is 0 Å². The molecule has 2 aromatic rings. The predicted octanol–water partition coefficient (Wildman–Crippen LogP) is 0.476. The van der Waals surface area contributed by atoms with Gasteiger partial charge < -0.3 is 34.8 Å². The number of nitrogens with one attached hydrogen (secondary N) is 1. The molecule has 0 unspecified atom stereocenters. The zero-order valence-corrected chi connectivity index (χ0v) is 19.2. The number of benzene rings is 1. The van der Waals surface area contributed by atoms with Crippen LogP contribution in [-0.2, 0) is 11.3 Å². The summed E-state index contributed by atoms with van der Waals surface area (Å²) in [5.41, 5.74) is 0.409. The highest BCUT2D eigenvalue weighted by Crippen LogP contribution is 2.50. The number of aromatic nitrogens is 1. The van der Waals surface area contributed by atoms with Crippen LogP contribution in [0.3, 0.4) is 0 Å². The first-order valence-electron chi connectivity index (χ1n) is 9.81. The van der Waals surface area contributed by atoms with Gasteiger partial charge in [0.05, 0.1) is 38.6 Å². The van der Waals surface area contributed by atoms with Gasteiger partial charge in [-0.15, -0.1) is 11.8 Å². The van der Waals surface area contributed by atoms with Crippen LogP contribution >= 0.6 is 23.1 Å². The second-order valence-corrected chi connectivity index (χ2v) is 9.56. The Morgan fingerprint density at radius 1 is 1.09 bits per heavy atom. The number of hydrogen-bond acceptors (Lipinski definition) is 10. The van der Waals surface area contributed by atoms with Crippen molar-refractivity contribution in [3.05, 3.63) is 26.7 Å². The first-order valence-corrected chi connectivity index (χ1v) is 11.6. The van der Waals surface area contributed by atoms with Gasteiger partial charge in [0, 0.05) is 40.3 Å². The van der Waals surface area contributed by atoms with Crippen LogP contribution in [0.4, 0.5) is 5.69 Å². The maximum atomic E-state index is 12.8. The number of hydrogen-bond donors (Lipinski definition) is 4. The lowest BCUT2D eigenvalue weighted by Crippen LogP contribution is -2.31. The predicted molar refractivity (Wildman–Crippen MR) is 118 cm³/mol. The number of anilines is 1. The number of ether oxygens (including phenoxy) is 3. The van der Waals surface area contributed by atoms with Gasteiger partial charge in [-0.3, -0.25) is 14.2 Å². The van der Waals surface area contributed by atoms with Gasteiger partial charge in [-0.2, -0.15) is 0 Å². The number of fused-ring (bicyclic) bond motifs is 3. The van der Waals surface area contributed by atoms with E-state index >= 15 is 0 Å². The summed E-state index contributed by atoms with van der Waals surface area (Å²) in [5, 5.41) is 34.0. The van der Waals surface area contributed by atoms with Crippen LogP contribution in [0, 0.1) is 5.92 Å². The van der Waals surface area contributed by atoms with Crippen molar-refractivity contribution < 1.29 is 34.3 Å². The number of thiazole rings is 1. The largest absolute Gasteiger partial charge is 0.493 e. The number of amides is 1. The molecule has 1 aromatic heterocycles. The molecule has 0 spiro atoms. The van der Waals surface area contributed by atoms with Crippen LogP contribution in [0.15, 0.2) is 22.0 Å². The van der Waals surface area contributed by atoms with Crippen molar-refractivity contribution >= 4 is 34.7 Å². The number of methoxy groups -OCH3 is 3. The molecular formula is C20H24N2O8S2. The van der Waals surface area contributed by atoms with Gasteiger partial charge in [-0.1, -0.05) is 11.3 Å². The zero-order valence-electron chi connectivity index (χ0n) is 17.6. The van der Waals surface area contributed by atoms with Crippen LogP contribution in [-0.4, -0.2) is 71.2 Å². The van der Waals surface area contributed by atoms with Gasteiger partial charge in [0.15, 0.2) is 11.5 Å². The van der Waals surface area contributed by atoms with E-state index in [1.807, 2.05) is 0 Å². The summed E-state index contributed by atoms with van der Waals surface area (Å²) in [5.74, 6) is 0.253. The van der Waals surface area contributed by atoms with Crippen LogP contribution in [0.5, 0.6) is 17.2 Å². The summed E-state index contributed by atoms with van der Waals surface area (Å²) in [6.07, 6.45) is -3.47. The van der Waals surface area contributed by atoms with Crippen molar-refractivity contribution in [2.45, 2.75) is 35.8 Å². The number of rotatable bonds is 6. The molecule has 1 amide bonds. The second-order valence-electron chi connectivity index (χ2n) is 7.56. The maximum Gasteiger partial charge on any atom is 0.308 e. The Kier molecular flexibility index (Phi) is 6.41. The van der Waals surface area contributed by atoms with E-state index in [2.05, 4.69) is 5.32 Å². The third kappa shape index (κ3) is 3.75. The van der Waals surface area contributed by atoms with Gasteiger partial charge in [0.2, 0.25) is 11.7 Å². The normalized spacial score (nSPS) is 26.2. The SMILES string of the molecule is COc1cc(NC(=O)Cn2c3c(sc2=O)[C@H]2[C@@H](O)[C@@H](O)[C@H](O)[C@@H]2CS3)cc(OC)c1OC. The standard InChI is InChI=1S/C20H24N2O8S2/c1-28-10-4-8(5-11(29-2)17(10)30-3)21-12(23)6-22-19-18(32-20(22)27)13-9(7-31-19)14(24)16(26)15(13)25/h4-5,9,13-16,24-26H,6-7H2,1-3H3,(H,21,23)/t9-,13-,14-,15-,16+/m1/s1. The monoisotopic (exact) mass is 484 g/mol. The summed E-state index contributed by atoms with van der Waals surface area (Å²) in [6, 6.07) is 3.17. The van der Waals surface area contributed by atoms with E-state index in [9.17, 15) is 24.9 Å². The molecular weight excluding hydrogens is 460 g/mol. The van der Waals surface area contributed by atoms with Gasteiger partial charge in [-0.25, -0.2) is 0 Å². The summed E-state index contributed by atoms with van der Waals surface area (Å²) in [7, 11) is 4.41. The quantitative estimate of drug-likeness (QED) is 0.461. The Morgan fingerprint density at radius 2 is 1.75 bits per heavy atom. The average Bonchev–Trinajstić information content (AvgIpc) is 3.21. The number of aliphatic hydroxyl groups is 3. The molecule has 1 aromatic carbocycles. The molecule has 4 N–H and O–H groups in total. The number of thioether (sulfide) groups is 1. The van der Waals surface area contributed by atoms with Crippen LogP contribution in [0.1, 0.15) is 10.8 Å². The minimum Gasteiger partial charge on any atom is -0.493 e. The fourth-order valence-corrected chi connectivity index (χ4v) is 7.06. The first kappa shape index (κ1) is 22.9. The third-order valence-electron chi connectivity index (χ3n) is 5.81. The summed E-state index contributed by atoms with van der Waals surface area (Å²) in [4.78, 5) is 25.7.